The van der Waals surface area contributed by atoms with Crippen LogP contribution in [0.25, 0.3) is 0 Å². The molecule has 2 aromatic rings. The molecule has 0 saturated carbocycles. The fourth-order valence-corrected chi connectivity index (χ4v) is 2.54. The van der Waals surface area contributed by atoms with E-state index in [-0.39, 0.29) is 12.0 Å². The van der Waals surface area contributed by atoms with Crippen molar-refractivity contribution >= 4 is 27.6 Å². The number of carbonyl (C=O) groups excluding carboxylic acids is 1. The minimum Gasteiger partial charge on any atom is -0.459 e. The van der Waals surface area contributed by atoms with Gasteiger partial charge in [-0.25, -0.2) is 4.79 Å². The van der Waals surface area contributed by atoms with Gasteiger partial charge >= 0.3 is 5.97 Å². The maximum absolute atomic E-state index is 12.1. The van der Waals surface area contributed by atoms with Gasteiger partial charge in [0.15, 0.2) is 0 Å². The normalized spacial score (nSPS) is 16.4. The Morgan fingerprint density at radius 3 is 2.70 bits per heavy atom. The van der Waals surface area contributed by atoms with Crippen LogP contribution in [0.1, 0.15) is 11.1 Å². The summed E-state index contributed by atoms with van der Waals surface area (Å²) < 4.78 is 6.38. The SMILES string of the molecule is O=C(OCc1ccc(Br)cc1)C1Cc2ccccc2N1. The Labute approximate surface area is 126 Å². The van der Waals surface area contributed by atoms with Crippen LogP contribution in [0.5, 0.6) is 0 Å². The van der Waals surface area contributed by atoms with Crippen LogP contribution in [-0.4, -0.2) is 12.0 Å². The molecule has 20 heavy (non-hydrogen) atoms. The lowest BCUT2D eigenvalue weighted by molar-refractivity contribution is -0.145. The summed E-state index contributed by atoms with van der Waals surface area (Å²) in [5.74, 6) is -0.205. The fourth-order valence-electron chi connectivity index (χ4n) is 2.28. The molecule has 0 bridgehead atoms. The number of fused-ring (bicyclic) bond motifs is 1. The van der Waals surface area contributed by atoms with Gasteiger partial charge in [-0.3, -0.25) is 0 Å². The predicted octanol–water partition coefficient (Wildman–Crippen LogP) is 3.53. The van der Waals surface area contributed by atoms with Crippen molar-refractivity contribution in [2.24, 2.45) is 0 Å². The van der Waals surface area contributed by atoms with Gasteiger partial charge in [-0.15, -0.1) is 0 Å². The molecule has 3 rings (SSSR count). The van der Waals surface area contributed by atoms with Crippen LogP contribution in [0, 0.1) is 0 Å². The molecule has 1 unspecified atom stereocenters. The lowest BCUT2D eigenvalue weighted by Crippen LogP contribution is -2.28. The highest BCUT2D eigenvalue weighted by Crippen LogP contribution is 2.25. The van der Waals surface area contributed by atoms with Crippen LogP contribution >= 0.6 is 15.9 Å². The lowest BCUT2D eigenvalue weighted by Gasteiger charge is -2.11. The topological polar surface area (TPSA) is 38.3 Å². The number of benzene rings is 2. The first-order valence-corrected chi connectivity index (χ1v) is 7.27. The molecule has 102 valence electrons. The summed E-state index contributed by atoms with van der Waals surface area (Å²) >= 11 is 3.38. The summed E-state index contributed by atoms with van der Waals surface area (Å²) in [5, 5.41) is 3.20. The Hall–Kier alpha value is -1.81. The molecule has 1 atom stereocenters. The highest BCUT2D eigenvalue weighted by Gasteiger charge is 2.27. The summed E-state index contributed by atoms with van der Waals surface area (Å²) in [4.78, 5) is 12.1. The van der Waals surface area contributed by atoms with Crippen LogP contribution in [-0.2, 0) is 22.6 Å². The number of hydrogen-bond acceptors (Lipinski definition) is 3. The third-order valence-corrected chi connectivity index (χ3v) is 3.88. The first kappa shape index (κ1) is 13.2. The summed E-state index contributed by atoms with van der Waals surface area (Å²) in [7, 11) is 0. The molecule has 0 spiro atoms. The van der Waals surface area contributed by atoms with E-state index in [0.717, 1.165) is 21.3 Å². The molecule has 3 nitrogen and oxygen atoms in total. The molecule has 1 aliphatic heterocycles. The van der Waals surface area contributed by atoms with Gasteiger partial charge in [-0.2, -0.15) is 0 Å². The van der Waals surface area contributed by atoms with Crippen LogP contribution in [0.4, 0.5) is 5.69 Å². The Kier molecular flexibility index (Phi) is 3.74. The van der Waals surface area contributed by atoms with E-state index in [1.165, 1.54) is 0 Å². The van der Waals surface area contributed by atoms with E-state index in [0.29, 0.717) is 13.0 Å². The largest absolute Gasteiger partial charge is 0.459 e. The number of hydrogen-bond donors (Lipinski definition) is 1. The van der Waals surface area contributed by atoms with Crippen molar-refractivity contribution in [1.29, 1.82) is 0 Å². The zero-order valence-electron chi connectivity index (χ0n) is 10.8. The first-order chi connectivity index (χ1) is 9.72. The van der Waals surface area contributed by atoms with E-state index >= 15 is 0 Å². The van der Waals surface area contributed by atoms with Gasteiger partial charge in [0.05, 0.1) is 0 Å². The van der Waals surface area contributed by atoms with E-state index in [2.05, 4.69) is 21.2 Å². The highest BCUT2D eigenvalue weighted by atomic mass is 79.9. The maximum atomic E-state index is 12.1. The fraction of sp³-hybridized carbons (Fsp3) is 0.188. The Bertz CT molecular complexity index is 600. The number of nitrogens with one attached hydrogen (secondary N) is 1. The Morgan fingerprint density at radius 2 is 1.95 bits per heavy atom. The molecule has 0 aliphatic carbocycles. The molecule has 1 heterocycles. The number of para-hydroxylation sites is 1. The van der Waals surface area contributed by atoms with Crippen molar-refractivity contribution in [3.8, 4) is 0 Å². The molecule has 0 aromatic heterocycles. The predicted molar refractivity (Wildman–Crippen MR) is 81.5 cm³/mol. The monoisotopic (exact) mass is 331 g/mol. The van der Waals surface area contributed by atoms with Crippen LogP contribution in [0.3, 0.4) is 0 Å². The molecule has 0 fully saturated rings. The second-order valence-electron chi connectivity index (χ2n) is 4.79. The van der Waals surface area contributed by atoms with Gasteiger partial charge in [0.25, 0.3) is 0 Å². The van der Waals surface area contributed by atoms with Crippen molar-refractivity contribution < 1.29 is 9.53 Å². The van der Waals surface area contributed by atoms with Crippen molar-refractivity contribution in [3.05, 3.63) is 64.1 Å². The number of halogens is 1. The zero-order chi connectivity index (χ0) is 13.9. The van der Waals surface area contributed by atoms with E-state index in [4.69, 9.17) is 4.74 Å². The number of esters is 1. The van der Waals surface area contributed by atoms with E-state index < -0.39 is 0 Å². The molecular formula is C16H14BrNO2. The third kappa shape index (κ3) is 2.85. The zero-order valence-corrected chi connectivity index (χ0v) is 12.4. The van der Waals surface area contributed by atoms with Gasteiger partial charge < -0.3 is 10.1 Å². The second kappa shape index (κ2) is 5.67. The minimum absolute atomic E-state index is 0.205. The average molecular weight is 332 g/mol. The van der Waals surface area contributed by atoms with Crippen molar-refractivity contribution in [2.75, 3.05) is 5.32 Å². The minimum atomic E-state index is -0.275. The smallest absolute Gasteiger partial charge is 0.329 e. The van der Waals surface area contributed by atoms with E-state index in [1.807, 2.05) is 48.5 Å². The van der Waals surface area contributed by atoms with Crippen LogP contribution in [0.15, 0.2) is 53.0 Å². The van der Waals surface area contributed by atoms with Gasteiger partial charge in [0, 0.05) is 16.6 Å². The van der Waals surface area contributed by atoms with E-state index in [1.54, 1.807) is 0 Å². The number of ether oxygens (including phenoxy) is 1. The van der Waals surface area contributed by atoms with Crippen molar-refractivity contribution in [1.82, 2.24) is 0 Å². The Morgan fingerprint density at radius 1 is 1.20 bits per heavy atom. The second-order valence-corrected chi connectivity index (χ2v) is 5.71. The van der Waals surface area contributed by atoms with Crippen LogP contribution < -0.4 is 5.32 Å². The van der Waals surface area contributed by atoms with Gasteiger partial charge in [-0.1, -0.05) is 46.3 Å². The molecule has 2 aromatic carbocycles. The summed E-state index contributed by atoms with van der Waals surface area (Å²) in [6.45, 7) is 0.306. The number of carbonyl (C=O) groups is 1. The summed E-state index contributed by atoms with van der Waals surface area (Å²) in [6.07, 6.45) is 0.690. The quantitative estimate of drug-likeness (QED) is 0.874. The molecular weight excluding hydrogens is 318 g/mol. The van der Waals surface area contributed by atoms with Crippen LogP contribution in [0.2, 0.25) is 0 Å². The molecule has 0 saturated heterocycles. The third-order valence-electron chi connectivity index (χ3n) is 3.35. The molecule has 1 aliphatic rings. The van der Waals surface area contributed by atoms with Gasteiger partial charge in [-0.05, 0) is 29.3 Å². The first-order valence-electron chi connectivity index (χ1n) is 6.48. The lowest BCUT2D eigenvalue weighted by atomic mass is 10.1. The maximum Gasteiger partial charge on any atom is 0.329 e. The Balaban J connectivity index is 1.57. The van der Waals surface area contributed by atoms with Gasteiger partial charge in [0.1, 0.15) is 12.6 Å². The van der Waals surface area contributed by atoms with E-state index in [9.17, 15) is 4.79 Å². The number of rotatable bonds is 3. The van der Waals surface area contributed by atoms with Gasteiger partial charge in [0.2, 0.25) is 0 Å². The molecule has 4 heteroatoms. The molecule has 0 amide bonds. The summed E-state index contributed by atoms with van der Waals surface area (Å²) in [5.41, 5.74) is 3.17. The molecule has 1 N–H and O–H groups in total. The summed E-state index contributed by atoms with van der Waals surface area (Å²) in [6, 6.07) is 15.4. The van der Waals surface area contributed by atoms with Crippen molar-refractivity contribution in [3.63, 3.8) is 0 Å². The van der Waals surface area contributed by atoms with Crippen molar-refractivity contribution in [2.45, 2.75) is 19.1 Å². The molecule has 0 radical (unpaired) electrons. The standard InChI is InChI=1S/C16H14BrNO2/c17-13-7-5-11(6-8-13)10-20-16(19)15-9-12-3-1-2-4-14(12)18-15/h1-8,15,18H,9-10H2. The number of anilines is 1. The average Bonchev–Trinajstić information content (AvgIpc) is 2.90. The highest BCUT2D eigenvalue weighted by molar-refractivity contribution is 9.10.